The van der Waals surface area contributed by atoms with E-state index < -0.39 is 0 Å². The van der Waals surface area contributed by atoms with Crippen molar-refractivity contribution in [2.45, 2.75) is 25.5 Å². The van der Waals surface area contributed by atoms with Gasteiger partial charge in [-0.05, 0) is 49.3 Å². The molecule has 1 fully saturated rings. The summed E-state index contributed by atoms with van der Waals surface area (Å²) in [5.74, 6) is 1.27. The number of aromatic nitrogens is 1. The van der Waals surface area contributed by atoms with Crippen LogP contribution in [0.15, 0.2) is 51.7 Å². The van der Waals surface area contributed by atoms with E-state index in [0.29, 0.717) is 31.9 Å². The van der Waals surface area contributed by atoms with Gasteiger partial charge in [-0.2, -0.15) is 0 Å². The van der Waals surface area contributed by atoms with Gasteiger partial charge in [0.25, 0.3) is 5.56 Å². The minimum absolute atomic E-state index is 0.0721. The first kappa shape index (κ1) is 17.7. The molecule has 134 valence electrons. The van der Waals surface area contributed by atoms with Gasteiger partial charge in [0.15, 0.2) is 3.95 Å². The van der Waals surface area contributed by atoms with E-state index in [9.17, 15) is 4.79 Å². The Bertz CT molecular complexity index is 1020. The lowest BCUT2D eigenvalue weighted by molar-refractivity contribution is 0.0961. The average Bonchev–Trinajstić information content (AvgIpc) is 3.30. The van der Waals surface area contributed by atoms with E-state index in [1.807, 2.05) is 36.4 Å². The van der Waals surface area contributed by atoms with E-state index in [1.165, 1.54) is 11.3 Å². The molecule has 7 heteroatoms. The van der Waals surface area contributed by atoms with Crippen molar-refractivity contribution >= 4 is 35.2 Å². The molecule has 0 radical (unpaired) electrons. The van der Waals surface area contributed by atoms with Gasteiger partial charge in [0.05, 0.1) is 22.5 Å². The highest BCUT2D eigenvalue weighted by Crippen LogP contribution is 2.33. The fourth-order valence-electron chi connectivity index (χ4n) is 3.01. The van der Waals surface area contributed by atoms with E-state index in [-0.39, 0.29) is 11.7 Å². The van der Waals surface area contributed by atoms with Crippen molar-refractivity contribution < 1.29 is 9.15 Å². The number of hydrogen-bond donors (Lipinski definition) is 0. The number of nitrogens with zero attached hydrogens (tertiary/aromatic N) is 1. The molecular weight excluding hydrogens is 390 g/mol. The zero-order chi connectivity index (χ0) is 18.1. The normalized spacial score (nSPS) is 16.9. The van der Waals surface area contributed by atoms with Crippen LogP contribution in [0, 0.1) is 3.95 Å². The van der Waals surface area contributed by atoms with Gasteiger partial charge in [0, 0.05) is 18.2 Å². The average molecular weight is 406 g/mol. The summed E-state index contributed by atoms with van der Waals surface area (Å²) in [7, 11) is 0. The minimum atomic E-state index is -0.130. The van der Waals surface area contributed by atoms with Gasteiger partial charge >= 0.3 is 0 Å². The van der Waals surface area contributed by atoms with Crippen LogP contribution in [0.1, 0.15) is 12.8 Å². The molecule has 0 spiro atoms. The summed E-state index contributed by atoms with van der Waals surface area (Å²) in [6.07, 6.45) is 2.07. The van der Waals surface area contributed by atoms with Crippen LogP contribution in [0.25, 0.3) is 22.0 Å². The van der Waals surface area contributed by atoms with Gasteiger partial charge in [0.1, 0.15) is 11.5 Å². The highest BCUT2D eigenvalue weighted by Gasteiger charge is 2.18. The molecule has 1 aliphatic heterocycles. The van der Waals surface area contributed by atoms with Crippen molar-refractivity contribution in [2.24, 2.45) is 0 Å². The van der Waals surface area contributed by atoms with Gasteiger partial charge < -0.3 is 9.15 Å². The summed E-state index contributed by atoms with van der Waals surface area (Å²) in [6.45, 7) is 1.27. The monoisotopic (exact) mass is 405 g/mol. The predicted molar refractivity (Wildman–Crippen MR) is 107 cm³/mol. The van der Waals surface area contributed by atoms with E-state index in [1.54, 1.807) is 10.6 Å². The SMILES string of the molecule is O=c1cc(-c2ccc(-c3ccccc3Cl)o2)sc(=S)n1CC1CCCO1. The number of hydrogen-bond acceptors (Lipinski definition) is 5. The maximum atomic E-state index is 12.5. The Morgan fingerprint density at radius 3 is 2.77 bits per heavy atom. The van der Waals surface area contributed by atoms with Crippen LogP contribution < -0.4 is 5.56 Å². The Balaban J connectivity index is 1.66. The van der Waals surface area contributed by atoms with Crippen LogP contribution in [0.5, 0.6) is 0 Å². The third kappa shape index (κ3) is 3.55. The zero-order valence-corrected chi connectivity index (χ0v) is 16.2. The first-order valence-corrected chi connectivity index (χ1v) is 9.94. The smallest absolute Gasteiger partial charge is 0.253 e. The molecule has 1 saturated heterocycles. The lowest BCUT2D eigenvalue weighted by Gasteiger charge is -2.11. The molecule has 1 aliphatic rings. The summed E-state index contributed by atoms with van der Waals surface area (Å²) in [5.41, 5.74) is 0.686. The van der Waals surface area contributed by atoms with Crippen LogP contribution in [-0.2, 0) is 11.3 Å². The van der Waals surface area contributed by atoms with Crippen molar-refractivity contribution in [2.75, 3.05) is 6.61 Å². The lowest BCUT2D eigenvalue weighted by atomic mass is 10.2. The second-order valence-electron chi connectivity index (χ2n) is 6.10. The molecule has 4 rings (SSSR count). The first-order chi connectivity index (χ1) is 12.6. The second-order valence-corrected chi connectivity index (χ2v) is 8.19. The van der Waals surface area contributed by atoms with E-state index in [2.05, 4.69) is 0 Å². The minimum Gasteiger partial charge on any atom is -0.455 e. The zero-order valence-electron chi connectivity index (χ0n) is 13.8. The lowest BCUT2D eigenvalue weighted by Crippen LogP contribution is -2.25. The Kier molecular flexibility index (Phi) is 5.09. The van der Waals surface area contributed by atoms with Crippen molar-refractivity contribution in [3.63, 3.8) is 0 Å². The highest BCUT2D eigenvalue weighted by atomic mass is 35.5. The molecule has 26 heavy (non-hydrogen) atoms. The maximum Gasteiger partial charge on any atom is 0.253 e. The summed E-state index contributed by atoms with van der Waals surface area (Å²) in [6, 6.07) is 12.7. The molecule has 3 aromatic rings. The molecule has 0 amide bonds. The molecule has 2 aromatic heterocycles. The Hall–Kier alpha value is -1.73. The fraction of sp³-hybridized carbons (Fsp3) is 0.263. The first-order valence-electron chi connectivity index (χ1n) is 8.33. The topological polar surface area (TPSA) is 44.4 Å². The molecule has 1 unspecified atom stereocenters. The fourth-order valence-corrected chi connectivity index (χ4v) is 4.51. The number of ether oxygens (including phenoxy) is 1. The molecule has 4 nitrogen and oxygen atoms in total. The Morgan fingerprint density at radius 1 is 1.23 bits per heavy atom. The third-order valence-corrected chi connectivity index (χ3v) is 6.07. The van der Waals surface area contributed by atoms with E-state index in [0.717, 1.165) is 25.0 Å². The van der Waals surface area contributed by atoms with Crippen LogP contribution in [0.4, 0.5) is 0 Å². The molecule has 3 heterocycles. The Labute approximate surface area is 164 Å². The second kappa shape index (κ2) is 7.48. The van der Waals surface area contributed by atoms with Crippen molar-refractivity contribution in [1.29, 1.82) is 0 Å². The maximum absolute atomic E-state index is 12.5. The van der Waals surface area contributed by atoms with Gasteiger partial charge in [-0.3, -0.25) is 9.36 Å². The highest BCUT2D eigenvalue weighted by molar-refractivity contribution is 7.73. The van der Waals surface area contributed by atoms with Crippen molar-refractivity contribution in [1.82, 2.24) is 4.57 Å². The van der Waals surface area contributed by atoms with Crippen LogP contribution in [-0.4, -0.2) is 17.3 Å². The molecular formula is C19H16ClNO3S2. The van der Waals surface area contributed by atoms with E-state index in [4.69, 9.17) is 33.0 Å². The molecule has 0 bridgehead atoms. The van der Waals surface area contributed by atoms with Gasteiger partial charge in [-0.1, -0.05) is 23.7 Å². The number of benzene rings is 1. The molecule has 0 N–H and O–H groups in total. The predicted octanol–water partition coefficient (Wildman–Crippen LogP) is 5.40. The third-order valence-electron chi connectivity index (χ3n) is 4.34. The van der Waals surface area contributed by atoms with Crippen LogP contribution in [0.2, 0.25) is 5.02 Å². The van der Waals surface area contributed by atoms with Crippen LogP contribution in [0.3, 0.4) is 0 Å². The van der Waals surface area contributed by atoms with Crippen molar-refractivity contribution in [3.8, 4) is 22.0 Å². The quantitative estimate of drug-likeness (QED) is 0.545. The molecule has 1 atom stereocenters. The summed E-state index contributed by atoms with van der Waals surface area (Å²) in [4.78, 5) is 13.2. The largest absolute Gasteiger partial charge is 0.455 e. The molecule has 1 aromatic carbocycles. The summed E-state index contributed by atoms with van der Waals surface area (Å²) in [5, 5.41) is 0.619. The summed E-state index contributed by atoms with van der Waals surface area (Å²) >= 11 is 13.0. The van der Waals surface area contributed by atoms with Gasteiger partial charge in [0.2, 0.25) is 0 Å². The van der Waals surface area contributed by atoms with Crippen molar-refractivity contribution in [3.05, 3.63) is 61.8 Å². The van der Waals surface area contributed by atoms with Gasteiger partial charge in [-0.25, -0.2) is 0 Å². The number of furan rings is 1. The van der Waals surface area contributed by atoms with E-state index >= 15 is 0 Å². The molecule has 0 aliphatic carbocycles. The number of rotatable bonds is 4. The summed E-state index contributed by atoms with van der Waals surface area (Å²) < 4.78 is 13.7. The molecule has 0 saturated carbocycles. The Morgan fingerprint density at radius 2 is 2.04 bits per heavy atom. The number of halogens is 1. The van der Waals surface area contributed by atoms with Gasteiger partial charge in [-0.15, -0.1) is 11.3 Å². The standard InChI is InChI=1S/C19H16ClNO3S2/c20-14-6-2-1-5-13(14)15-7-8-16(24-15)17-10-18(22)21(19(25)26-17)11-12-4-3-9-23-12/h1-2,5-8,10,12H,3-4,9,11H2. The van der Waals surface area contributed by atoms with Crippen LogP contribution >= 0.6 is 35.2 Å².